The van der Waals surface area contributed by atoms with Crippen LogP contribution in [0, 0.1) is 13.8 Å². The summed E-state index contributed by atoms with van der Waals surface area (Å²) in [5, 5.41) is 17.8. The number of carboxylic acid groups (broad SMARTS) is 1. The third-order valence-electron chi connectivity index (χ3n) is 6.57. The summed E-state index contributed by atoms with van der Waals surface area (Å²) in [6, 6.07) is 17.6. The number of anilines is 1. The number of aromatic carboxylic acids is 1. The standard InChI is InChI=1S/C30H27N3O5/c1-17-13-24(19(3)32-26-8-6-5-7-23(26)30(35)36)29-25(14-17)27(34)18(2)28(38-29)20-15-31-33(16-20)21-9-11-22(37-4)12-10-21/h5-16,19,32H,1-4H3,(H,35,36). The number of hydrogen-bond donors (Lipinski definition) is 2. The molecule has 0 aliphatic carbocycles. The maximum atomic E-state index is 13.5. The molecule has 0 amide bonds. The summed E-state index contributed by atoms with van der Waals surface area (Å²) in [7, 11) is 1.61. The summed E-state index contributed by atoms with van der Waals surface area (Å²) >= 11 is 0. The van der Waals surface area contributed by atoms with Crippen LogP contribution in [0.25, 0.3) is 28.0 Å². The lowest BCUT2D eigenvalue weighted by atomic mass is 9.99. The van der Waals surface area contributed by atoms with E-state index in [4.69, 9.17) is 9.15 Å². The molecule has 5 aromatic rings. The van der Waals surface area contributed by atoms with E-state index in [1.54, 1.807) is 49.2 Å². The normalized spacial score (nSPS) is 11.9. The molecule has 0 saturated carbocycles. The van der Waals surface area contributed by atoms with Gasteiger partial charge in [0, 0.05) is 23.0 Å². The highest BCUT2D eigenvalue weighted by molar-refractivity contribution is 5.94. The molecule has 8 heteroatoms. The van der Waals surface area contributed by atoms with Gasteiger partial charge in [-0.3, -0.25) is 4.79 Å². The molecule has 0 spiro atoms. The highest BCUT2D eigenvalue weighted by Gasteiger charge is 2.21. The number of benzene rings is 3. The van der Waals surface area contributed by atoms with Crippen molar-refractivity contribution < 1.29 is 19.1 Å². The topological polar surface area (TPSA) is 107 Å². The first kappa shape index (κ1) is 24.8. The molecule has 2 N–H and O–H groups in total. The summed E-state index contributed by atoms with van der Waals surface area (Å²) in [5.41, 5.74) is 4.62. The van der Waals surface area contributed by atoms with E-state index in [0.29, 0.717) is 33.5 Å². The monoisotopic (exact) mass is 509 g/mol. The van der Waals surface area contributed by atoms with E-state index in [1.807, 2.05) is 56.4 Å². The van der Waals surface area contributed by atoms with E-state index in [-0.39, 0.29) is 17.0 Å². The minimum absolute atomic E-state index is 0.124. The average Bonchev–Trinajstić information content (AvgIpc) is 3.41. The summed E-state index contributed by atoms with van der Waals surface area (Å²) in [6.07, 6.45) is 3.48. The molecule has 192 valence electrons. The number of ether oxygens (including phenoxy) is 1. The molecule has 0 aliphatic heterocycles. The lowest BCUT2D eigenvalue weighted by Crippen LogP contribution is -2.14. The SMILES string of the molecule is COc1ccc(-n2cc(-c3oc4c(C(C)Nc5ccccc5C(=O)O)cc(C)cc4c(=O)c3C)cn2)cc1. The molecule has 2 heterocycles. The number of nitrogens with one attached hydrogen (secondary N) is 1. The maximum Gasteiger partial charge on any atom is 0.337 e. The second-order valence-electron chi connectivity index (χ2n) is 9.20. The Labute approximate surface area is 219 Å². The Morgan fingerprint density at radius 1 is 1.11 bits per heavy atom. The highest BCUT2D eigenvalue weighted by atomic mass is 16.5. The van der Waals surface area contributed by atoms with E-state index >= 15 is 0 Å². The fraction of sp³-hybridized carbons (Fsp3) is 0.167. The van der Waals surface area contributed by atoms with Crippen molar-refractivity contribution in [3.8, 4) is 22.8 Å². The van der Waals surface area contributed by atoms with Crippen LogP contribution >= 0.6 is 0 Å². The van der Waals surface area contributed by atoms with Crippen molar-refractivity contribution in [1.29, 1.82) is 0 Å². The second kappa shape index (κ2) is 9.89. The minimum atomic E-state index is -1.02. The molecule has 0 radical (unpaired) electrons. The van der Waals surface area contributed by atoms with Gasteiger partial charge in [0.05, 0.1) is 41.5 Å². The van der Waals surface area contributed by atoms with Crippen LogP contribution in [0.2, 0.25) is 0 Å². The lowest BCUT2D eigenvalue weighted by Gasteiger charge is -2.19. The van der Waals surface area contributed by atoms with Crippen molar-refractivity contribution in [3.05, 3.63) is 106 Å². The summed E-state index contributed by atoms with van der Waals surface area (Å²) in [4.78, 5) is 25.2. The number of methoxy groups -OCH3 is 1. The van der Waals surface area contributed by atoms with Gasteiger partial charge in [-0.2, -0.15) is 5.10 Å². The Morgan fingerprint density at radius 3 is 2.55 bits per heavy atom. The molecule has 38 heavy (non-hydrogen) atoms. The van der Waals surface area contributed by atoms with Crippen LogP contribution in [-0.4, -0.2) is 28.0 Å². The lowest BCUT2D eigenvalue weighted by molar-refractivity contribution is 0.0698. The highest BCUT2D eigenvalue weighted by Crippen LogP contribution is 2.33. The van der Waals surface area contributed by atoms with E-state index in [9.17, 15) is 14.7 Å². The third kappa shape index (κ3) is 4.52. The van der Waals surface area contributed by atoms with Crippen LogP contribution in [0.15, 0.2) is 82.3 Å². The Bertz CT molecular complexity index is 1720. The van der Waals surface area contributed by atoms with E-state index < -0.39 is 5.97 Å². The van der Waals surface area contributed by atoms with Crippen molar-refractivity contribution in [2.75, 3.05) is 12.4 Å². The number of carboxylic acids is 1. The fourth-order valence-electron chi connectivity index (χ4n) is 4.59. The largest absolute Gasteiger partial charge is 0.497 e. The smallest absolute Gasteiger partial charge is 0.337 e. The quantitative estimate of drug-likeness (QED) is 0.271. The van der Waals surface area contributed by atoms with Crippen LogP contribution in [0.3, 0.4) is 0 Å². The zero-order valence-corrected chi connectivity index (χ0v) is 21.5. The van der Waals surface area contributed by atoms with Gasteiger partial charge in [0.2, 0.25) is 0 Å². The van der Waals surface area contributed by atoms with Gasteiger partial charge in [-0.15, -0.1) is 0 Å². The number of aryl methyl sites for hydroxylation is 1. The number of fused-ring (bicyclic) bond motifs is 1. The molecule has 0 aliphatic rings. The van der Waals surface area contributed by atoms with Gasteiger partial charge in [-0.25, -0.2) is 9.48 Å². The van der Waals surface area contributed by atoms with Crippen molar-refractivity contribution in [2.24, 2.45) is 0 Å². The number of para-hydroxylation sites is 1. The summed E-state index contributed by atoms with van der Waals surface area (Å²) < 4.78 is 13.4. The van der Waals surface area contributed by atoms with Crippen molar-refractivity contribution in [3.63, 3.8) is 0 Å². The maximum absolute atomic E-state index is 13.5. The van der Waals surface area contributed by atoms with Crippen LogP contribution in [-0.2, 0) is 0 Å². The van der Waals surface area contributed by atoms with Crippen LogP contribution in [0.1, 0.15) is 40.0 Å². The van der Waals surface area contributed by atoms with E-state index in [1.165, 1.54) is 0 Å². The van der Waals surface area contributed by atoms with Crippen LogP contribution in [0.5, 0.6) is 5.75 Å². The molecule has 0 bridgehead atoms. The molecule has 0 fully saturated rings. The van der Waals surface area contributed by atoms with Crippen LogP contribution < -0.4 is 15.5 Å². The van der Waals surface area contributed by atoms with Gasteiger partial charge in [0.15, 0.2) is 5.43 Å². The molecule has 1 unspecified atom stereocenters. The fourth-order valence-corrected chi connectivity index (χ4v) is 4.59. The second-order valence-corrected chi connectivity index (χ2v) is 9.20. The average molecular weight is 510 g/mol. The first-order valence-corrected chi connectivity index (χ1v) is 12.1. The Balaban J connectivity index is 1.60. The molecule has 0 saturated heterocycles. The number of nitrogens with zero attached hydrogens (tertiary/aromatic N) is 2. The van der Waals surface area contributed by atoms with Crippen LogP contribution in [0.4, 0.5) is 5.69 Å². The number of rotatable bonds is 7. The number of hydrogen-bond acceptors (Lipinski definition) is 6. The molecule has 3 aromatic carbocycles. The van der Waals surface area contributed by atoms with Gasteiger partial charge < -0.3 is 19.6 Å². The molecular weight excluding hydrogens is 482 g/mol. The van der Waals surface area contributed by atoms with E-state index in [2.05, 4.69) is 10.4 Å². The van der Waals surface area contributed by atoms with Gasteiger partial charge >= 0.3 is 5.97 Å². The Hall–Kier alpha value is -4.85. The summed E-state index contributed by atoms with van der Waals surface area (Å²) in [5.74, 6) is 0.159. The first-order chi connectivity index (χ1) is 18.3. The zero-order valence-electron chi connectivity index (χ0n) is 21.5. The molecule has 1 atom stereocenters. The summed E-state index contributed by atoms with van der Waals surface area (Å²) in [6.45, 7) is 5.58. The van der Waals surface area contributed by atoms with Crippen molar-refractivity contribution in [1.82, 2.24) is 9.78 Å². The predicted octanol–water partition coefficient (Wildman–Crippen LogP) is 6.14. The van der Waals surface area contributed by atoms with E-state index in [0.717, 1.165) is 22.6 Å². The Morgan fingerprint density at radius 2 is 1.84 bits per heavy atom. The molecule has 8 nitrogen and oxygen atoms in total. The van der Waals surface area contributed by atoms with Crippen molar-refractivity contribution in [2.45, 2.75) is 26.8 Å². The Kier molecular flexibility index (Phi) is 6.46. The molecule has 5 rings (SSSR count). The molecular formula is C30H27N3O5. The van der Waals surface area contributed by atoms with Gasteiger partial charge in [0.25, 0.3) is 0 Å². The first-order valence-electron chi connectivity index (χ1n) is 12.1. The minimum Gasteiger partial charge on any atom is -0.497 e. The number of carbonyl (C=O) groups is 1. The van der Waals surface area contributed by atoms with Gasteiger partial charge in [-0.1, -0.05) is 18.2 Å². The van der Waals surface area contributed by atoms with Gasteiger partial charge in [-0.05, 0) is 68.8 Å². The zero-order chi connectivity index (χ0) is 27.0. The number of aromatic nitrogens is 2. The van der Waals surface area contributed by atoms with Gasteiger partial charge in [0.1, 0.15) is 17.1 Å². The molecule has 2 aromatic heterocycles. The third-order valence-corrected chi connectivity index (χ3v) is 6.57. The predicted molar refractivity (Wildman–Crippen MR) is 147 cm³/mol. The van der Waals surface area contributed by atoms with Crippen molar-refractivity contribution >= 4 is 22.6 Å².